The summed E-state index contributed by atoms with van der Waals surface area (Å²) in [5.41, 5.74) is 2.23. The van der Waals surface area contributed by atoms with Gasteiger partial charge in [-0.05, 0) is 18.6 Å². The molecule has 0 N–H and O–H groups in total. The average molecular weight is 197 g/mol. The Kier molecular flexibility index (Phi) is 2.46. The fourth-order valence-corrected chi connectivity index (χ4v) is 1.36. The summed E-state index contributed by atoms with van der Waals surface area (Å²) in [7, 11) is 0. The van der Waals surface area contributed by atoms with Crippen LogP contribution >= 0.6 is 0 Å². The minimum absolute atomic E-state index is 0.548. The Labute approximate surface area is 87.8 Å². The Hall–Kier alpha value is -2.15. The van der Waals surface area contributed by atoms with Crippen molar-refractivity contribution < 1.29 is 0 Å². The van der Waals surface area contributed by atoms with E-state index in [1.807, 2.05) is 18.2 Å². The molecule has 0 saturated heterocycles. The molecule has 0 bridgehead atoms. The third-order valence-electron chi connectivity index (χ3n) is 2.06. The van der Waals surface area contributed by atoms with Gasteiger partial charge < -0.3 is 0 Å². The number of rotatable bonds is 2. The highest BCUT2D eigenvalue weighted by atomic mass is 15.4. The van der Waals surface area contributed by atoms with E-state index in [0.29, 0.717) is 17.8 Å². The van der Waals surface area contributed by atoms with E-state index in [9.17, 15) is 0 Å². The molecule has 4 heteroatoms. The molecule has 0 atom stereocenters. The van der Waals surface area contributed by atoms with E-state index < -0.39 is 0 Å². The number of hydrogen-bond donors (Lipinski definition) is 0. The lowest BCUT2D eigenvalue weighted by Crippen LogP contribution is -2.02. The summed E-state index contributed by atoms with van der Waals surface area (Å²) >= 11 is 0. The molecule has 1 aromatic carbocycles. The second-order valence-corrected chi connectivity index (χ2v) is 3.18. The van der Waals surface area contributed by atoms with Gasteiger partial charge in [0.25, 0.3) is 0 Å². The van der Waals surface area contributed by atoms with Crippen molar-refractivity contribution in [1.82, 2.24) is 15.0 Å². The van der Waals surface area contributed by atoms with Crippen molar-refractivity contribution in [2.45, 2.75) is 6.54 Å². The van der Waals surface area contributed by atoms with Gasteiger partial charge in [-0.3, -0.25) is 0 Å². The number of hydrogen-bond acceptors (Lipinski definition) is 3. The first kappa shape index (κ1) is 9.41. The van der Waals surface area contributed by atoms with Crippen molar-refractivity contribution >= 4 is 0 Å². The molecule has 15 heavy (non-hydrogen) atoms. The summed E-state index contributed by atoms with van der Waals surface area (Å²) in [5, 5.41) is 16.6. The SMILES string of the molecule is [CH2]c1cn(Cc2ccccc2C#N)nn1. The topological polar surface area (TPSA) is 54.5 Å². The third-order valence-corrected chi connectivity index (χ3v) is 2.06. The van der Waals surface area contributed by atoms with Gasteiger partial charge in [-0.1, -0.05) is 23.4 Å². The molecule has 1 heterocycles. The van der Waals surface area contributed by atoms with E-state index >= 15 is 0 Å². The standard InChI is InChI=1S/C11H9N4/c1-9-7-15(14-13-9)8-11-5-3-2-4-10(11)6-12/h2-5,7H,1,8H2. The highest BCUT2D eigenvalue weighted by molar-refractivity contribution is 5.37. The zero-order valence-electron chi connectivity index (χ0n) is 8.09. The monoisotopic (exact) mass is 197 g/mol. The quantitative estimate of drug-likeness (QED) is 0.730. The Bertz CT molecular complexity index is 507. The van der Waals surface area contributed by atoms with E-state index in [4.69, 9.17) is 5.26 Å². The second kappa shape index (κ2) is 3.93. The van der Waals surface area contributed by atoms with Gasteiger partial charge in [0.05, 0.1) is 23.9 Å². The first-order valence-electron chi connectivity index (χ1n) is 4.49. The van der Waals surface area contributed by atoms with Crippen LogP contribution in [0.3, 0.4) is 0 Å². The normalized spacial score (nSPS) is 9.87. The van der Waals surface area contributed by atoms with E-state index in [1.54, 1.807) is 16.9 Å². The van der Waals surface area contributed by atoms with Crippen LogP contribution in [0.25, 0.3) is 0 Å². The molecule has 2 rings (SSSR count). The number of nitriles is 1. The molecule has 0 unspecified atom stereocenters. The van der Waals surface area contributed by atoms with Gasteiger partial charge in [0.2, 0.25) is 0 Å². The van der Waals surface area contributed by atoms with Gasteiger partial charge in [-0.25, -0.2) is 4.68 Å². The molecule has 0 aliphatic heterocycles. The zero-order valence-corrected chi connectivity index (χ0v) is 8.09. The summed E-state index contributed by atoms with van der Waals surface area (Å²) in [6.45, 7) is 4.21. The predicted octanol–water partition coefficient (Wildman–Crippen LogP) is 1.38. The molecule has 1 radical (unpaired) electrons. The Morgan fingerprint density at radius 2 is 2.20 bits per heavy atom. The minimum Gasteiger partial charge on any atom is -0.248 e. The third kappa shape index (κ3) is 2.02. The fourth-order valence-electron chi connectivity index (χ4n) is 1.36. The molecule has 0 amide bonds. The fraction of sp³-hybridized carbons (Fsp3) is 0.0909. The molecule has 0 spiro atoms. The van der Waals surface area contributed by atoms with Crippen LogP contribution in [-0.2, 0) is 6.54 Å². The van der Waals surface area contributed by atoms with Gasteiger partial charge in [0.15, 0.2) is 0 Å². The van der Waals surface area contributed by atoms with Crippen LogP contribution < -0.4 is 0 Å². The zero-order chi connectivity index (χ0) is 10.7. The largest absolute Gasteiger partial charge is 0.248 e. The number of aromatic nitrogens is 3. The molecule has 0 aliphatic rings. The Morgan fingerprint density at radius 1 is 1.40 bits per heavy atom. The van der Waals surface area contributed by atoms with Gasteiger partial charge in [-0.2, -0.15) is 5.26 Å². The van der Waals surface area contributed by atoms with Crippen molar-refractivity contribution in [3.63, 3.8) is 0 Å². The van der Waals surface area contributed by atoms with Crippen LogP contribution in [0.1, 0.15) is 16.8 Å². The highest BCUT2D eigenvalue weighted by Crippen LogP contribution is 2.08. The van der Waals surface area contributed by atoms with Crippen LogP contribution in [0, 0.1) is 18.3 Å². The van der Waals surface area contributed by atoms with E-state index in [2.05, 4.69) is 23.3 Å². The predicted molar refractivity (Wildman–Crippen MR) is 54.7 cm³/mol. The molecule has 0 fully saturated rings. The van der Waals surface area contributed by atoms with Crippen molar-refractivity contribution in [2.24, 2.45) is 0 Å². The Balaban J connectivity index is 2.28. The summed E-state index contributed by atoms with van der Waals surface area (Å²) < 4.78 is 1.67. The van der Waals surface area contributed by atoms with Crippen LogP contribution in [0.5, 0.6) is 0 Å². The van der Waals surface area contributed by atoms with Crippen LogP contribution in [0.15, 0.2) is 30.5 Å². The molecular weight excluding hydrogens is 188 g/mol. The lowest BCUT2D eigenvalue weighted by atomic mass is 10.1. The van der Waals surface area contributed by atoms with Crippen LogP contribution in [-0.4, -0.2) is 15.0 Å². The molecular formula is C11H9N4. The van der Waals surface area contributed by atoms with Gasteiger partial charge >= 0.3 is 0 Å². The minimum atomic E-state index is 0.548. The van der Waals surface area contributed by atoms with E-state index in [-0.39, 0.29) is 0 Å². The average Bonchev–Trinajstić information content (AvgIpc) is 2.65. The molecule has 1 aromatic heterocycles. The summed E-state index contributed by atoms with van der Waals surface area (Å²) in [6.07, 6.45) is 1.74. The molecule has 2 aromatic rings. The first-order chi connectivity index (χ1) is 7.29. The van der Waals surface area contributed by atoms with Crippen LogP contribution in [0.2, 0.25) is 0 Å². The maximum atomic E-state index is 8.89. The summed E-state index contributed by atoms with van der Waals surface area (Å²) in [4.78, 5) is 0. The van der Waals surface area contributed by atoms with Gasteiger partial charge in [0.1, 0.15) is 0 Å². The maximum Gasteiger partial charge on any atom is 0.0995 e. The first-order valence-corrected chi connectivity index (χ1v) is 4.49. The Morgan fingerprint density at radius 3 is 2.87 bits per heavy atom. The lowest BCUT2D eigenvalue weighted by Gasteiger charge is -2.02. The lowest BCUT2D eigenvalue weighted by molar-refractivity contribution is 0.648. The van der Waals surface area contributed by atoms with E-state index in [0.717, 1.165) is 5.56 Å². The molecule has 73 valence electrons. The maximum absolute atomic E-state index is 8.89. The van der Waals surface area contributed by atoms with Gasteiger partial charge in [-0.15, -0.1) is 5.10 Å². The van der Waals surface area contributed by atoms with Crippen LogP contribution in [0.4, 0.5) is 0 Å². The van der Waals surface area contributed by atoms with Crippen molar-refractivity contribution in [2.75, 3.05) is 0 Å². The molecule has 0 aliphatic carbocycles. The van der Waals surface area contributed by atoms with Crippen molar-refractivity contribution in [1.29, 1.82) is 5.26 Å². The summed E-state index contributed by atoms with van der Waals surface area (Å²) in [6, 6.07) is 9.58. The number of nitrogens with zero attached hydrogens (tertiary/aromatic N) is 4. The summed E-state index contributed by atoms with van der Waals surface area (Å²) in [5.74, 6) is 0. The van der Waals surface area contributed by atoms with Gasteiger partial charge in [0, 0.05) is 6.20 Å². The number of benzene rings is 1. The molecule has 4 nitrogen and oxygen atoms in total. The smallest absolute Gasteiger partial charge is 0.0995 e. The van der Waals surface area contributed by atoms with E-state index in [1.165, 1.54) is 0 Å². The van der Waals surface area contributed by atoms with Crippen molar-refractivity contribution in [3.8, 4) is 6.07 Å². The highest BCUT2D eigenvalue weighted by Gasteiger charge is 2.02. The second-order valence-electron chi connectivity index (χ2n) is 3.18. The molecule has 0 saturated carbocycles. The van der Waals surface area contributed by atoms with Crippen molar-refractivity contribution in [3.05, 3.63) is 54.2 Å².